The Labute approximate surface area is 112 Å². The molecule has 3 heteroatoms. The highest BCUT2D eigenvalue weighted by molar-refractivity contribution is 4.91. The molecule has 0 aromatic rings. The van der Waals surface area contributed by atoms with E-state index in [1.54, 1.807) is 0 Å². The molecule has 0 saturated heterocycles. The maximum atomic E-state index is 6.51. The molecule has 0 aliphatic carbocycles. The molecule has 3 nitrogen and oxygen atoms in total. The lowest BCUT2D eigenvalue weighted by Gasteiger charge is -2.41. The summed E-state index contributed by atoms with van der Waals surface area (Å²) in [6, 6.07) is 0. The van der Waals surface area contributed by atoms with Crippen LogP contribution in [0.1, 0.15) is 32.6 Å². The molecule has 0 aliphatic rings. The van der Waals surface area contributed by atoms with Crippen molar-refractivity contribution in [1.29, 1.82) is 0 Å². The Kier molecular flexibility index (Phi) is 9.56. The molecule has 0 heterocycles. The molecule has 0 amide bonds. The van der Waals surface area contributed by atoms with Crippen LogP contribution in [-0.2, 0) is 0 Å². The first-order valence-electron chi connectivity index (χ1n) is 6.76. The van der Waals surface area contributed by atoms with E-state index in [1.807, 2.05) is 18.2 Å². The van der Waals surface area contributed by atoms with E-state index in [2.05, 4.69) is 36.9 Å². The van der Waals surface area contributed by atoms with Gasteiger partial charge in [-0.05, 0) is 12.8 Å². The van der Waals surface area contributed by atoms with Gasteiger partial charge in [0.25, 0.3) is 0 Å². The predicted molar refractivity (Wildman–Crippen MR) is 81.2 cm³/mol. The second-order valence-electron chi connectivity index (χ2n) is 4.53. The summed E-state index contributed by atoms with van der Waals surface area (Å²) in [4.78, 5) is 2.16. The van der Waals surface area contributed by atoms with Crippen LogP contribution >= 0.6 is 0 Å². The Morgan fingerprint density at radius 2 is 1.72 bits per heavy atom. The van der Waals surface area contributed by atoms with Crippen molar-refractivity contribution in [3.05, 3.63) is 38.0 Å². The average molecular weight is 251 g/mol. The van der Waals surface area contributed by atoms with Crippen LogP contribution in [0.5, 0.6) is 0 Å². The molecule has 0 bridgehead atoms. The molecule has 1 unspecified atom stereocenters. The third-order valence-electron chi connectivity index (χ3n) is 2.98. The van der Waals surface area contributed by atoms with Gasteiger partial charge in [0, 0.05) is 19.6 Å². The van der Waals surface area contributed by atoms with Crippen molar-refractivity contribution in [1.82, 2.24) is 10.2 Å². The summed E-state index contributed by atoms with van der Waals surface area (Å²) in [6.07, 6.45) is 10.0. The Hall–Kier alpha value is -0.900. The molecular weight excluding hydrogens is 222 g/mol. The van der Waals surface area contributed by atoms with Gasteiger partial charge in [0.15, 0.2) is 0 Å². The first kappa shape index (κ1) is 17.1. The quantitative estimate of drug-likeness (QED) is 0.318. The molecule has 0 radical (unpaired) electrons. The first-order valence-corrected chi connectivity index (χ1v) is 6.76. The van der Waals surface area contributed by atoms with Crippen LogP contribution in [0.3, 0.4) is 0 Å². The van der Waals surface area contributed by atoms with Crippen LogP contribution in [0.4, 0.5) is 0 Å². The summed E-state index contributed by atoms with van der Waals surface area (Å²) in [7, 11) is 0. The van der Waals surface area contributed by atoms with Gasteiger partial charge >= 0.3 is 0 Å². The fraction of sp³-hybridized carbons (Fsp3) is 0.600. The molecule has 0 aliphatic heterocycles. The zero-order valence-electron chi connectivity index (χ0n) is 11.8. The topological polar surface area (TPSA) is 41.3 Å². The molecule has 0 fully saturated rings. The summed E-state index contributed by atoms with van der Waals surface area (Å²) in [5, 5.41) is 3.36. The predicted octanol–water partition coefficient (Wildman–Crippen LogP) is 2.63. The maximum absolute atomic E-state index is 6.51. The van der Waals surface area contributed by atoms with Gasteiger partial charge in [-0.15, -0.1) is 19.7 Å². The second-order valence-corrected chi connectivity index (χ2v) is 4.53. The van der Waals surface area contributed by atoms with E-state index in [-0.39, 0.29) is 0 Å². The highest BCUT2D eigenvalue weighted by Crippen LogP contribution is 2.15. The summed E-state index contributed by atoms with van der Waals surface area (Å²) in [5.74, 6) is -0.508. The summed E-state index contributed by atoms with van der Waals surface area (Å²) >= 11 is 0. The van der Waals surface area contributed by atoms with E-state index < -0.39 is 5.79 Å². The van der Waals surface area contributed by atoms with Crippen LogP contribution in [0.2, 0.25) is 0 Å². The number of unbranched alkanes of at least 4 members (excludes halogenated alkanes) is 2. The monoisotopic (exact) mass is 251 g/mol. The van der Waals surface area contributed by atoms with Crippen molar-refractivity contribution in [3.8, 4) is 0 Å². The van der Waals surface area contributed by atoms with Crippen LogP contribution in [-0.4, -0.2) is 30.3 Å². The van der Waals surface area contributed by atoms with Crippen LogP contribution in [0.15, 0.2) is 38.0 Å². The molecule has 0 spiro atoms. The van der Waals surface area contributed by atoms with E-state index in [0.717, 1.165) is 25.9 Å². The lowest BCUT2D eigenvalue weighted by molar-refractivity contribution is 0.0743. The number of nitrogens with one attached hydrogen (secondary N) is 1. The van der Waals surface area contributed by atoms with Crippen molar-refractivity contribution in [2.75, 3.05) is 19.6 Å². The zero-order chi connectivity index (χ0) is 13.9. The highest BCUT2D eigenvalue weighted by atomic mass is 15.4. The number of hydrogen-bond donors (Lipinski definition) is 2. The van der Waals surface area contributed by atoms with E-state index >= 15 is 0 Å². The Morgan fingerprint density at radius 3 is 2.17 bits per heavy atom. The minimum absolute atomic E-state index is 0.508. The van der Waals surface area contributed by atoms with Gasteiger partial charge < -0.3 is 5.73 Å². The van der Waals surface area contributed by atoms with Gasteiger partial charge in [-0.2, -0.15) is 0 Å². The fourth-order valence-electron chi connectivity index (χ4n) is 1.96. The summed E-state index contributed by atoms with van der Waals surface area (Å²) < 4.78 is 0. The lowest BCUT2D eigenvalue weighted by atomic mass is 10.1. The van der Waals surface area contributed by atoms with Gasteiger partial charge in [-0.25, -0.2) is 0 Å². The van der Waals surface area contributed by atoms with Crippen molar-refractivity contribution in [2.45, 2.75) is 38.4 Å². The molecule has 0 rings (SSSR count). The van der Waals surface area contributed by atoms with Crippen molar-refractivity contribution >= 4 is 0 Å². The van der Waals surface area contributed by atoms with Gasteiger partial charge in [0.1, 0.15) is 5.79 Å². The lowest BCUT2D eigenvalue weighted by Crippen LogP contribution is -2.65. The van der Waals surface area contributed by atoms with E-state index in [1.165, 1.54) is 12.8 Å². The molecule has 0 aromatic heterocycles. The van der Waals surface area contributed by atoms with Crippen LogP contribution < -0.4 is 11.1 Å². The van der Waals surface area contributed by atoms with Crippen molar-refractivity contribution < 1.29 is 0 Å². The van der Waals surface area contributed by atoms with Crippen LogP contribution in [0.25, 0.3) is 0 Å². The average Bonchev–Trinajstić information content (AvgIpc) is 2.36. The third-order valence-corrected chi connectivity index (χ3v) is 2.98. The second kappa shape index (κ2) is 10.1. The molecule has 3 N–H and O–H groups in total. The molecule has 18 heavy (non-hydrogen) atoms. The summed E-state index contributed by atoms with van der Waals surface area (Å²) in [6.45, 7) is 15.7. The number of rotatable bonds is 12. The largest absolute Gasteiger partial charge is 0.301 e. The Morgan fingerprint density at radius 1 is 1.11 bits per heavy atom. The maximum Gasteiger partial charge on any atom is 0.124 e. The molecule has 1 atom stereocenters. The Balaban J connectivity index is 4.68. The van der Waals surface area contributed by atoms with Gasteiger partial charge in [-0.3, -0.25) is 10.2 Å². The smallest absolute Gasteiger partial charge is 0.124 e. The van der Waals surface area contributed by atoms with E-state index in [0.29, 0.717) is 6.54 Å². The van der Waals surface area contributed by atoms with Crippen molar-refractivity contribution in [2.24, 2.45) is 5.73 Å². The standard InChI is InChI=1S/C15H29N3/c1-5-9-10-11-15(16,17-12-6-2)18(13-7-3)14-8-4/h6-8,17H,2-5,9-14,16H2,1H3. The number of nitrogens with two attached hydrogens (primary N) is 1. The highest BCUT2D eigenvalue weighted by Gasteiger charge is 2.29. The fourth-order valence-corrected chi connectivity index (χ4v) is 1.96. The first-order chi connectivity index (χ1) is 8.64. The minimum Gasteiger partial charge on any atom is -0.301 e. The molecule has 0 aromatic carbocycles. The van der Waals surface area contributed by atoms with E-state index in [9.17, 15) is 0 Å². The summed E-state index contributed by atoms with van der Waals surface area (Å²) in [5.41, 5.74) is 6.51. The number of nitrogens with zero attached hydrogens (tertiary/aromatic N) is 1. The van der Waals surface area contributed by atoms with Gasteiger partial charge in [-0.1, -0.05) is 38.0 Å². The minimum atomic E-state index is -0.508. The molecular formula is C15H29N3. The number of hydrogen-bond acceptors (Lipinski definition) is 3. The third kappa shape index (κ3) is 6.15. The molecule has 0 saturated carbocycles. The van der Waals surface area contributed by atoms with Gasteiger partial charge in [0.2, 0.25) is 0 Å². The normalized spacial score (nSPS) is 14.2. The van der Waals surface area contributed by atoms with E-state index in [4.69, 9.17) is 5.73 Å². The van der Waals surface area contributed by atoms with Crippen molar-refractivity contribution in [3.63, 3.8) is 0 Å². The Bertz CT molecular complexity index is 240. The zero-order valence-corrected chi connectivity index (χ0v) is 11.8. The molecule has 104 valence electrons. The van der Waals surface area contributed by atoms with Crippen LogP contribution in [0, 0.1) is 0 Å². The van der Waals surface area contributed by atoms with Gasteiger partial charge in [0.05, 0.1) is 0 Å². The SMILES string of the molecule is C=CCNC(N)(CCCCC)N(CC=C)CC=C.